The molecule has 8 heteroatoms. The van der Waals surface area contributed by atoms with Gasteiger partial charge in [-0.3, -0.25) is 0 Å². The maximum atomic E-state index is 12.4. The SMILES string of the molecule is CCC(NC)c1cccc(S(=O)(=O)N(C)CC(F)(F)F)c1. The number of sulfonamides is 1. The summed E-state index contributed by atoms with van der Waals surface area (Å²) < 4.78 is 61.7. The number of alkyl halides is 3. The van der Waals surface area contributed by atoms with Gasteiger partial charge in [0.2, 0.25) is 10.0 Å². The molecule has 0 saturated carbocycles. The summed E-state index contributed by atoms with van der Waals surface area (Å²) >= 11 is 0. The molecular formula is C13H19F3N2O2S. The van der Waals surface area contributed by atoms with Crippen molar-refractivity contribution in [3.63, 3.8) is 0 Å². The molecule has 0 fully saturated rings. The van der Waals surface area contributed by atoms with E-state index < -0.39 is 22.7 Å². The monoisotopic (exact) mass is 324 g/mol. The number of nitrogens with zero attached hydrogens (tertiary/aromatic N) is 1. The molecule has 0 aliphatic carbocycles. The van der Waals surface area contributed by atoms with Crippen LogP contribution in [0.4, 0.5) is 13.2 Å². The minimum Gasteiger partial charge on any atom is -0.313 e. The molecule has 0 spiro atoms. The summed E-state index contributed by atoms with van der Waals surface area (Å²) in [5.41, 5.74) is 0.724. The molecule has 4 nitrogen and oxygen atoms in total. The fourth-order valence-electron chi connectivity index (χ4n) is 2.02. The summed E-state index contributed by atoms with van der Waals surface area (Å²) in [6.07, 6.45) is -3.84. The van der Waals surface area contributed by atoms with Gasteiger partial charge < -0.3 is 5.32 Å². The highest BCUT2D eigenvalue weighted by molar-refractivity contribution is 7.89. The second-order valence-electron chi connectivity index (χ2n) is 4.70. The van der Waals surface area contributed by atoms with Crippen molar-refractivity contribution in [2.45, 2.75) is 30.5 Å². The lowest BCUT2D eigenvalue weighted by atomic mass is 10.1. The molecule has 0 heterocycles. The van der Waals surface area contributed by atoms with Gasteiger partial charge in [0.1, 0.15) is 6.54 Å². The first-order valence-electron chi connectivity index (χ1n) is 6.42. The third-order valence-electron chi connectivity index (χ3n) is 3.13. The van der Waals surface area contributed by atoms with Crippen LogP contribution in [0.3, 0.4) is 0 Å². The molecule has 0 bridgehead atoms. The van der Waals surface area contributed by atoms with Crippen LogP contribution in [0.1, 0.15) is 24.9 Å². The topological polar surface area (TPSA) is 49.4 Å². The maximum Gasteiger partial charge on any atom is 0.402 e. The normalized spacial score (nSPS) is 14.4. The fourth-order valence-corrected chi connectivity index (χ4v) is 3.23. The van der Waals surface area contributed by atoms with Gasteiger partial charge >= 0.3 is 6.18 Å². The molecule has 1 aromatic rings. The predicted molar refractivity (Wildman–Crippen MR) is 74.4 cm³/mol. The van der Waals surface area contributed by atoms with Crippen molar-refractivity contribution in [1.82, 2.24) is 9.62 Å². The van der Waals surface area contributed by atoms with Crippen LogP contribution in [0.25, 0.3) is 0 Å². The van der Waals surface area contributed by atoms with E-state index in [9.17, 15) is 21.6 Å². The van der Waals surface area contributed by atoms with Crippen molar-refractivity contribution in [2.75, 3.05) is 20.6 Å². The van der Waals surface area contributed by atoms with E-state index in [0.717, 1.165) is 19.0 Å². The Hall–Kier alpha value is -1.12. The molecule has 0 aliphatic rings. The summed E-state index contributed by atoms with van der Waals surface area (Å²) in [6, 6.07) is 5.94. The van der Waals surface area contributed by atoms with Crippen molar-refractivity contribution in [3.05, 3.63) is 29.8 Å². The smallest absolute Gasteiger partial charge is 0.313 e. The van der Waals surface area contributed by atoms with Gasteiger partial charge in [-0.1, -0.05) is 19.1 Å². The fraction of sp³-hybridized carbons (Fsp3) is 0.538. The van der Waals surface area contributed by atoms with Crippen LogP contribution in [-0.4, -0.2) is 39.5 Å². The zero-order valence-electron chi connectivity index (χ0n) is 12.1. The van der Waals surface area contributed by atoms with Crippen LogP contribution < -0.4 is 5.32 Å². The molecule has 0 aliphatic heterocycles. The van der Waals surface area contributed by atoms with Crippen molar-refractivity contribution in [2.24, 2.45) is 0 Å². The summed E-state index contributed by atoms with van der Waals surface area (Å²) in [5.74, 6) is 0. The molecule has 120 valence electrons. The quantitative estimate of drug-likeness (QED) is 0.875. The Bertz CT molecular complexity index is 569. The first kappa shape index (κ1) is 17.9. The van der Waals surface area contributed by atoms with Crippen molar-refractivity contribution < 1.29 is 21.6 Å². The predicted octanol–water partition coefficient (Wildman–Crippen LogP) is 2.54. The second kappa shape index (κ2) is 6.76. The van der Waals surface area contributed by atoms with Gasteiger partial charge in [0, 0.05) is 13.1 Å². The molecule has 1 unspecified atom stereocenters. The van der Waals surface area contributed by atoms with Crippen molar-refractivity contribution in [1.29, 1.82) is 0 Å². The number of hydrogen-bond acceptors (Lipinski definition) is 3. The third kappa shape index (κ3) is 4.69. The maximum absolute atomic E-state index is 12.4. The Morgan fingerprint density at radius 2 is 1.95 bits per heavy atom. The standard InChI is InChI=1S/C13H19F3N2O2S/c1-4-12(17-2)10-6-5-7-11(8-10)21(19,20)18(3)9-13(14,15)16/h5-8,12,17H,4,9H2,1-3H3. The molecule has 0 aromatic heterocycles. The molecule has 1 atom stereocenters. The van der Waals surface area contributed by atoms with Gasteiger partial charge in [-0.25, -0.2) is 8.42 Å². The van der Waals surface area contributed by atoms with E-state index in [1.165, 1.54) is 18.2 Å². The van der Waals surface area contributed by atoms with Gasteiger partial charge in [-0.05, 0) is 31.2 Å². The number of benzene rings is 1. The lowest BCUT2D eigenvalue weighted by Crippen LogP contribution is -2.35. The van der Waals surface area contributed by atoms with E-state index in [1.807, 2.05) is 6.92 Å². The van der Waals surface area contributed by atoms with Crippen LogP contribution in [0.15, 0.2) is 29.2 Å². The summed E-state index contributed by atoms with van der Waals surface area (Å²) in [6.45, 7) is 0.418. The van der Waals surface area contributed by atoms with E-state index in [0.29, 0.717) is 4.31 Å². The lowest BCUT2D eigenvalue weighted by Gasteiger charge is -2.20. The van der Waals surface area contributed by atoms with E-state index >= 15 is 0 Å². The Kier molecular flexibility index (Phi) is 5.77. The summed E-state index contributed by atoms with van der Waals surface area (Å²) in [4.78, 5) is -0.138. The first-order valence-corrected chi connectivity index (χ1v) is 7.86. The summed E-state index contributed by atoms with van der Waals surface area (Å²) in [7, 11) is -1.50. The van der Waals surface area contributed by atoms with Gasteiger partial charge in [-0.15, -0.1) is 0 Å². The minimum atomic E-state index is -4.57. The molecule has 1 rings (SSSR count). The minimum absolute atomic E-state index is 0.0481. The third-order valence-corrected chi connectivity index (χ3v) is 4.93. The molecule has 21 heavy (non-hydrogen) atoms. The van der Waals surface area contributed by atoms with Crippen LogP contribution >= 0.6 is 0 Å². The molecule has 0 saturated heterocycles. The van der Waals surface area contributed by atoms with Crippen LogP contribution in [0, 0.1) is 0 Å². The average molecular weight is 324 g/mol. The van der Waals surface area contributed by atoms with Gasteiger partial charge in [0.15, 0.2) is 0 Å². The highest BCUT2D eigenvalue weighted by Crippen LogP contribution is 2.24. The zero-order valence-corrected chi connectivity index (χ0v) is 12.9. The van der Waals surface area contributed by atoms with E-state index in [1.54, 1.807) is 13.1 Å². The lowest BCUT2D eigenvalue weighted by molar-refractivity contribution is -0.134. The highest BCUT2D eigenvalue weighted by Gasteiger charge is 2.34. The number of hydrogen-bond donors (Lipinski definition) is 1. The Morgan fingerprint density at radius 1 is 1.33 bits per heavy atom. The number of nitrogens with one attached hydrogen (secondary N) is 1. The number of halogens is 3. The molecule has 0 radical (unpaired) electrons. The Morgan fingerprint density at radius 3 is 2.43 bits per heavy atom. The van der Waals surface area contributed by atoms with E-state index in [4.69, 9.17) is 0 Å². The molecule has 1 aromatic carbocycles. The van der Waals surface area contributed by atoms with Crippen LogP contribution in [0.5, 0.6) is 0 Å². The van der Waals surface area contributed by atoms with Gasteiger partial charge in [0.25, 0.3) is 0 Å². The van der Waals surface area contributed by atoms with Gasteiger partial charge in [0.05, 0.1) is 4.90 Å². The number of rotatable bonds is 6. The molecule has 0 amide bonds. The Balaban J connectivity index is 3.12. The second-order valence-corrected chi connectivity index (χ2v) is 6.74. The largest absolute Gasteiger partial charge is 0.402 e. The van der Waals surface area contributed by atoms with Gasteiger partial charge in [-0.2, -0.15) is 17.5 Å². The molecular weight excluding hydrogens is 305 g/mol. The van der Waals surface area contributed by atoms with E-state index in [-0.39, 0.29) is 10.9 Å². The highest BCUT2D eigenvalue weighted by atomic mass is 32.2. The summed E-state index contributed by atoms with van der Waals surface area (Å²) in [5, 5.41) is 3.03. The molecule has 1 N–H and O–H groups in total. The Labute approximate surface area is 123 Å². The average Bonchev–Trinajstić information content (AvgIpc) is 2.38. The van der Waals surface area contributed by atoms with Crippen LogP contribution in [0.2, 0.25) is 0 Å². The zero-order chi connectivity index (χ0) is 16.3. The first-order chi connectivity index (χ1) is 9.61. The van der Waals surface area contributed by atoms with E-state index in [2.05, 4.69) is 5.32 Å². The van der Waals surface area contributed by atoms with Crippen molar-refractivity contribution >= 4 is 10.0 Å². The van der Waals surface area contributed by atoms with Crippen LogP contribution in [-0.2, 0) is 10.0 Å². The van der Waals surface area contributed by atoms with Crippen molar-refractivity contribution in [3.8, 4) is 0 Å².